The van der Waals surface area contributed by atoms with Crippen molar-refractivity contribution in [2.75, 3.05) is 0 Å². The summed E-state index contributed by atoms with van der Waals surface area (Å²) in [7, 11) is 0. The number of halogens is 2. The Morgan fingerprint density at radius 3 is 2.65 bits per heavy atom. The molecule has 0 spiro atoms. The highest BCUT2D eigenvalue weighted by Crippen LogP contribution is 2.19. The molecule has 2 aromatic rings. The molecule has 7 heteroatoms. The third kappa shape index (κ3) is 3.25. The largest absolute Gasteiger partial charge is 0.330 e. The minimum atomic E-state index is -0.730. The van der Waals surface area contributed by atoms with Gasteiger partial charge >= 0.3 is 6.03 Å². The first kappa shape index (κ1) is 13.9. The number of nitrogens with zero attached hydrogens (tertiary/aromatic N) is 2. The number of amides is 1. The Morgan fingerprint density at radius 1 is 1.40 bits per heavy atom. The number of imidazole rings is 1. The molecule has 0 unspecified atom stereocenters. The molecule has 1 atom stereocenters. The molecule has 0 saturated heterocycles. The Hall–Kier alpha value is -2.57. The second kappa shape index (κ2) is 6.05. The summed E-state index contributed by atoms with van der Waals surface area (Å²) in [6.07, 6.45) is 5.39. The highest BCUT2D eigenvalue weighted by molar-refractivity contribution is 5.77. The monoisotopic (exact) mass is 278 g/mol. The molecule has 1 heterocycles. The highest BCUT2D eigenvalue weighted by Gasteiger charge is 2.16. The molecule has 1 aromatic heterocycles. The lowest BCUT2D eigenvalue weighted by Gasteiger charge is -2.17. The molecule has 0 aliphatic carbocycles. The van der Waals surface area contributed by atoms with Gasteiger partial charge in [-0.25, -0.2) is 18.6 Å². The Morgan fingerprint density at radius 2 is 2.10 bits per heavy atom. The van der Waals surface area contributed by atoms with E-state index < -0.39 is 23.7 Å². The van der Waals surface area contributed by atoms with Crippen LogP contribution in [-0.4, -0.2) is 21.8 Å². The van der Waals surface area contributed by atoms with Crippen LogP contribution < -0.4 is 5.32 Å². The molecule has 0 aliphatic heterocycles. The van der Waals surface area contributed by atoms with E-state index in [-0.39, 0.29) is 12.0 Å². The van der Waals surface area contributed by atoms with Gasteiger partial charge in [-0.05, 0) is 23.9 Å². The van der Waals surface area contributed by atoms with Crippen molar-refractivity contribution in [2.45, 2.75) is 12.5 Å². The number of carbonyl (C=O) groups is 1. The first-order valence-electron chi connectivity index (χ1n) is 5.84. The first-order valence-corrected chi connectivity index (χ1v) is 5.84. The van der Waals surface area contributed by atoms with Gasteiger partial charge in [0.15, 0.2) is 0 Å². The number of hydrogen-bond donors (Lipinski definition) is 2. The van der Waals surface area contributed by atoms with E-state index in [4.69, 9.17) is 5.41 Å². The number of benzene rings is 1. The minimum absolute atomic E-state index is 0.128. The summed E-state index contributed by atoms with van der Waals surface area (Å²) < 4.78 is 27.6. The van der Waals surface area contributed by atoms with E-state index in [0.29, 0.717) is 0 Å². The van der Waals surface area contributed by atoms with Crippen molar-refractivity contribution in [1.29, 1.82) is 5.41 Å². The quantitative estimate of drug-likeness (QED) is 0.843. The maximum Gasteiger partial charge on any atom is 0.327 e. The van der Waals surface area contributed by atoms with Crippen molar-refractivity contribution in [3.8, 4) is 0 Å². The van der Waals surface area contributed by atoms with Crippen LogP contribution in [0.4, 0.5) is 13.6 Å². The Bertz CT molecular complexity index is 593. The van der Waals surface area contributed by atoms with Crippen molar-refractivity contribution in [1.82, 2.24) is 14.9 Å². The summed E-state index contributed by atoms with van der Waals surface area (Å²) in [5.74, 6) is -1.46. The third-order valence-corrected chi connectivity index (χ3v) is 2.68. The maximum absolute atomic E-state index is 13.2. The maximum atomic E-state index is 13.2. The fourth-order valence-corrected chi connectivity index (χ4v) is 1.78. The molecule has 0 radical (unpaired) electrons. The van der Waals surface area contributed by atoms with E-state index in [2.05, 4.69) is 10.3 Å². The average Bonchev–Trinajstić information content (AvgIpc) is 2.90. The summed E-state index contributed by atoms with van der Waals surface area (Å²) >= 11 is 0. The zero-order chi connectivity index (χ0) is 14.5. The van der Waals surface area contributed by atoms with Gasteiger partial charge in [-0.1, -0.05) is 0 Å². The summed E-state index contributed by atoms with van der Waals surface area (Å²) in [6, 6.07) is 1.84. The molecular weight excluding hydrogens is 266 g/mol. The van der Waals surface area contributed by atoms with E-state index in [1.165, 1.54) is 23.3 Å². The third-order valence-electron chi connectivity index (χ3n) is 2.68. The average molecular weight is 278 g/mol. The van der Waals surface area contributed by atoms with E-state index in [1.54, 1.807) is 0 Å². The van der Waals surface area contributed by atoms with Crippen molar-refractivity contribution in [3.05, 3.63) is 54.1 Å². The molecule has 0 fully saturated rings. The molecule has 2 rings (SSSR count). The van der Waals surface area contributed by atoms with E-state index in [1.807, 2.05) is 0 Å². The van der Waals surface area contributed by atoms with Crippen LogP contribution in [0.5, 0.6) is 0 Å². The van der Waals surface area contributed by atoms with Crippen molar-refractivity contribution in [2.24, 2.45) is 0 Å². The lowest BCUT2D eigenvalue weighted by molar-refractivity contribution is 0.239. The lowest BCUT2D eigenvalue weighted by Crippen LogP contribution is -2.32. The molecule has 0 saturated carbocycles. The summed E-state index contributed by atoms with van der Waals surface area (Å²) in [5, 5.41) is 9.72. The summed E-state index contributed by atoms with van der Waals surface area (Å²) in [6.45, 7) is 0. The molecule has 0 aliphatic rings. The van der Waals surface area contributed by atoms with Gasteiger partial charge in [0.25, 0.3) is 0 Å². The van der Waals surface area contributed by atoms with Crippen LogP contribution in [0.3, 0.4) is 0 Å². The van der Waals surface area contributed by atoms with Gasteiger partial charge in [0.2, 0.25) is 0 Å². The van der Waals surface area contributed by atoms with Crippen molar-refractivity contribution >= 4 is 12.2 Å². The van der Waals surface area contributed by atoms with E-state index in [0.717, 1.165) is 24.4 Å². The Balaban J connectivity index is 2.22. The normalized spacial score (nSPS) is 11.9. The van der Waals surface area contributed by atoms with Gasteiger partial charge in [0, 0.05) is 24.9 Å². The van der Waals surface area contributed by atoms with Gasteiger partial charge in [0.05, 0.1) is 6.04 Å². The molecule has 5 nitrogen and oxygen atoms in total. The smallest absolute Gasteiger partial charge is 0.327 e. The van der Waals surface area contributed by atoms with Crippen LogP contribution in [-0.2, 0) is 0 Å². The predicted molar refractivity (Wildman–Crippen MR) is 68.7 cm³/mol. The van der Waals surface area contributed by atoms with Crippen LogP contribution in [0.2, 0.25) is 0 Å². The molecule has 104 valence electrons. The van der Waals surface area contributed by atoms with Gasteiger partial charge in [-0.3, -0.25) is 4.57 Å². The minimum Gasteiger partial charge on any atom is -0.330 e. The predicted octanol–water partition coefficient (Wildman–Crippen LogP) is 2.50. The van der Waals surface area contributed by atoms with Gasteiger partial charge in [-0.15, -0.1) is 0 Å². The van der Waals surface area contributed by atoms with Gasteiger partial charge in [-0.2, -0.15) is 0 Å². The summed E-state index contributed by atoms with van der Waals surface area (Å²) in [4.78, 5) is 15.6. The number of aromatic nitrogens is 2. The van der Waals surface area contributed by atoms with Gasteiger partial charge < -0.3 is 10.7 Å². The molecule has 0 bridgehead atoms. The number of carbonyl (C=O) groups excluding carboxylic acids is 1. The molecule has 1 aromatic carbocycles. The van der Waals surface area contributed by atoms with E-state index >= 15 is 0 Å². The second-order valence-corrected chi connectivity index (χ2v) is 4.11. The summed E-state index contributed by atoms with van der Waals surface area (Å²) in [5.41, 5.74) is 0.263. The van der Waals surface area contributed by atoms with Gasteiger partial charge in [0.1, 0.15) is 18.0 Å². The van der Waals surface area contributed by atoms with Crippen LogP contribution in [0.15, 0.2) is 36.9 Å². The zero-order valence-electron chi connectivity index (χ0n) is 10.4. The standard InChI is InChI=1S/C13H12F2N4O/c14-10-5-9(6-11(15)7-10)12(1-2-16)18-13(20)19-4-3-17-8-19/h2-8,12,16H,1H2,(H,18,20)/t12-/m0/s1. The highest BCUT2D eigenvalue weighted by atomic mass is 19.1. The fraction of sp³-hybridized carbons (Fsp3) is 0.154. The molecule has 20 heavy (non-hydrogen) atoms. The van der Waals surface area contributed by atoms with E-state index in [9.17, 15) is 13.6 Å². The SMILES string of the molecule is N=CC[C@H](NC(=O)n1ccnc1)c1cc(F)cc(F)c1. The van der Waals surface area contributed by atoms with Crippen LogP contribution >= 0.6 is 0 Å². The Kier molecular flexibility index (Phi) is 4.19. The Labute approximate surface area is 113 Å². The second-order valence-electron chi connectivity index (χ2n) is 4.11. The lowest BCUT2D eigenvalue weighted by atomic mass is 10.0. The van der Waals surface area contributed by atoms with Crippen LogP contribution in [0.25, 0.3) is 0 Å². The zero-order valence-corrected chi connectivity index (χ0v) is 10.4. The van der Waals surface area contributed by atoms with Crippen LogP contribution in [0.1, 0.15) is 18.0 Å². The molecule has 1 amide bonds. The first-order chi connectivity index (χ1) is 9.60. The van der Waals surface area contributed by atoms with Crippen molar-refractivity contribution in [3.63, 3.8) is 0 Å². The number of nitrogens with one attached hydrogen (secondary N) is 2. The topological polar surface area (TPSA) is 70.8 Å². The number of hydrogen-bond acceptors (Lipinski definition) is 3. The van der Waals surface area contributed by atoms with Crippen molar-refractivity contribution < 1.29 is 13.6 Å². The molecule has 2 N–H and O–H groups in total. The van der Waals surface area contributed by atoms with Crippen LogP contribution in [0, 0.1) is 17.0 Å². The number of rotatable bonds is 4. The molecular formula is C13H12F2N4O. The fourth-order valence-electron chi connectivity index (χ4n) is 1.78.